The minimum Gasteiger partial charge on any atom is -0.455 e. The van der Waals surface area contributed by atoms with Crippen LogP contribution in [0.25, 0.3) is 0 Å². The van der Waals surface area contributed by atoms with E-state index in [-0.39, 0.29) is 17.6 Å². The Morgan fingerprint density at radius 1 is 0.935 bits per heavy atom. The fourth-order valence-corrected chi connectivity index (χ4v) is 3.71. The van der Waals surface area contributed by atoms with Crippen molar-refractivity contribution >= 4 is 23.2 Å². The number of carbonyl (C=O) groups is 2. The molecule has 0 saturated heterocycles. The molecule has 0 atom stereocenters. The maximum Gasteiger partial charge on any atom is 0.305 e. The number of amides is 2. The third-order valence-electron chi connectivity index (χ3n) is 5.31. The molecule has 0 unspecified atom stereocenters. The second-order valence-electron chi connectivity index (χ2n) is 7.47. The van der Waals surface area contributed by atoms with Crippen molar-refractivity contribution in [3.63, 3.8) is 0 Å². The van der Waals surface area contributed by atoms with Crippen LogP contribution in [-0.4, -0.2) is 17.5 Å². The zero-order valence-electron chi connectivity index (χ0n) is 17.5. The Kier molecular flexibility index (Phi) is 5.84. The van der Waals surface area contributed by atoms with Crippen LogP contribution in [0.15, 0.2) is 64.1 Å². The van der Waals surface area contributed by atoms with Gasteiger partial charge in [-0.15, -0.1) is 0 Å². The van der Waals surface area contributed by atoms with Gasteiger partial charge in [0.25, 0.3) is 5.91 Å². The lowest BCUT2D eigenvalue weighted by molar-refractivity contribution is 0.0930. The number of carbonyl (C=O) groups excluding carboxylic acids is 2. The van der Waals surface area contributed by atoms with Crippen molar-refractivity contribution in [3.05, 3.63) is 88.4 Å². The molecular weight excluding hydrogens is 392 g/mol. The van der Waals surface area contributed by atoms with Gasteiger partial charge in [-0.3, -0.25) is 20.4 Å². The Hall–Kier alpha value is -3.87. The van der Waals surface area contributed by atoms with Crippen LogP contribution in [-0.2, 0) is 6.42 Å². The summed E-state index contributed by atoms with van der Waals surface area (Å²) in [6.07, 6.45) is 2.26. The smallest absolute Gasteiger partial charge is 0.305 e. The Morgan fingerprint density at radius 2 is 1.68 bits per heavy atom. The number of benzene rings is 2. The molecule has 158 valence electrons. The molecule has 0 radical (unpaired) electrons. The summed E-state index contributed by atoms with van der Waals surface area (Å²) >= 11 is 0. The first-order chi connectivity index (χ1) is 15.0. The van der Waals surface area contributed by atoms with Crippen molar-refractivity contribution in [3.8, 4) is 0 Å². The predicted octanol–water partition coefficient (Wildman–Crippen LogP) is 4.12. The van der Waals surface area contributed by atoms with E-state index in [1.165, 1.54) is 0 Å². The molecule has 1 aromatic heterocycles. The number of hydrazone groups is 1. The number of rotatable bonds is 5. The van der Waals surface area contributed by atoms with E-state index in [2.05, 4.69) is 21.4 Å². The van der Waals surface area contributed by atoms with E-state index in [0.717, 1.165) is 41.1 Å². The zero-order valence-corrected chi connectivity index (χ0v) is 17.5. The van der Waals surface area contributed by atoms with Gasteiger partial charge < -0.3 is 4.42 Å². The van der Waals surface area contributed by atoms with Gasteiger partial charge in [-0.05, 0) is 50.5 Å². The fraction of sp³-hybridized carbons (Fsp3) is 0.208. The molecular formula is C24H24N4O3. The monoisotopic (exact) mass is 416 g/mol. The lowest BCUT2D eigenvalue weighted by atomic mass is 9.93. The fourth-order valence-electron chi connectivity index (χ4n) is 3.71. The molecule has 7 heteroatoms. The molecule has 4 rings (SSSR count). The largest absolute Gasteiger partial charge is 0.455 e. The molecule has 2 amide bonds. The summed E-state index contributed by atoms with van der Waals surface area (Å²) < 4.78 is 5.88. The van der Waals surface area contributed by atoms with Crippen LogP contribution in [0.3, 0.4) is 0 Å². The number of para-hydroxylation sites is 1. The number of hydrazine groups is 1. The van der Waals surface area contributed by atoms with Gasteiger partial charge in [0.05, 0.1) is 11.4 Å². The number of aryl methyl sites for hydroxylation is 2. The molecule has 3 aromatic rings. The Labute approximate surface area is 180 Å². The molecule has 2 aromatic carbocycles. The van der Waals surface area contributed by atoms with E-state index >= 15 is 0 Å². The highest BCUT2D eigenvalue weighted by atomic mass is 16.4. The first-order valence-electron chi connectivity index (χ1n) is 10.2. The van der Waals surface area contributed by atoms with Crippen molar-refractivity contribution in [1.82, 2.24) is 10.9 Å². The van der Waals surface area contributed by atoms with Gasteiger partial charge >= 0.3 is 5.91 Å². The average Bonchev–Trinajstić information content (AvgIpc) is 3.14. The first kappa shape index (κ1) is 20.4. The summed E-state index contributed by atoms with van der Waals surface area (Å²) in [6, 6.07) is 16.7. The summed E-state index contributed by atoms with van der Waals surface area (Å²) in [7, 11) is 0. The summed E-state index contributed by atoms with van der Waals surface area (Å²) in [5.74, 6) is 0.341. The van der Waals surface area contributed by atoms with Gasteiger partial charge in [-0.2, -0.15) is 5.10 Å². The van der Waals surface area contributed by atoms with Gasteiger partial charge in [0.15, 0.2) is 5.76 Å². The number of hydrogen-bond acceptors (Lipinski definition) is 5. The predicted molar refractivity (Wildman–Crippen MR) is 119 cm³/mol. The van der Waals surface area contributed by atoms with Crippen LogP contribution >= 0.6 is 0 Å². The quantitative estimate of drug-likeness (QED) is 0.545. The standard InChI is InChI=1S/C24H24N4O3/c1-15-9-6-7-12-18(15)23(29)27-26-19-13-8-14-20-21(19)16(2)22(31-20)24(30)28-25-17-10-4-3-5-11-17/h3-7,9-12,25H,8,13-14H2,1-2H3,(H,27,29)(H,28,30)/b26-19+. The molecule has 0 spiro atoms. The summed E-state index contributed by atoms with van der Waals surface area (Å²) in [5.41, 5.74) is 12.7. The topological polar surface area (TPSA) is 95.7 Å². The normalized spacial score (nSPS) is 14.1. The van der Waals surface area contributed by atoms with Gasteiger partial charge in [0.2, 0.25) is 0 Å². The van der Waals surface area contributed by atoms with Crippen LogP contribution in [0.5, 0.6) is 0 Å². The average molecular weight is 416 g/mol. The second kappa shape index (κ2) is 8.87. The minimum absolute atomic E-state index is 0.244. The van der Waals surface area contributed by atoms with E-state index in [1.807, 2.05) is 62.4 Å². The Bertz CT molecular complexity index is 1150. The number of nitrogens with zero attached hydrogens (tertiary/aromatic N) is 1. The molecule has 31 heavy (non-hydrogen) atoms. The lowest BCUT2D eigenvalue weighted by Crippen LogP contribution is -2.29. The van der Waals surface area contributed by atoms with Crippen LogP contribution in [0, 0.1) is 13.8 Å². The molecule has 3 N–H and O–H groups in total. The SMILES string of the molecule is Cc1ccccc1C(=O)N/N=C1\CCCc2oc(C(=O)NNc3ccccc3)c(C)c21. The number of hydrogen-bond donors (Lipinski definition) is 3. The van der Waals surface area contributed by atoms with Crippen LogP contribution in [0.1, 0.15) is 56.2 Å². The molecule has 0 fully saturated rings. The Morgan fingerprint density at radius 3 is 2.45 bits per heavy atom. The highest BCUT2D eigenvalue weighted by molar-refractivity contribution is 6.07. The first-order valence-corrected chi connectivity index (χ1v) is 10.2. The number of furan rings is 1. The van der Waals surface area contributed by atoms with Crippen molar-refractivity contribution in [2.75, 3.05) is 5.43 Å². The molecule has 7 nitrogen and oxygen atoms in total. The van der Waals surface area contributed by atoms with E-state index in [9.17, 15) is 9.59 Å². The number of anilines is 1. The highest BCUT2D eigenvalue weighted by Gasteiger charge is 2.28. The van der Waals surface area contributed by atoms with Gasteiger partial charge in [-0.25, -0.2) is 5.43 Å². The van der Waals surface area contributed by atoms with Gasteiger partial charge in [0, 0.05) is 23.1 Å². The molecule has 1 aliphatic carbocycles. The molecule has 0 saturated carbocycles. The maximum atomic E-state index is 12.7. The number of fused-ring (bicyclic) bond motifs is 1. The maximum absolute atomic E-state index is 12.7. The van der Waals surface area contributed by atoms with Crippen molar-refractivity contribution in [2.45, 2.75) is 33.1 Å². The van der Waals surface area contributed by atoms with E-state index in [0.29, 0.717) is 17.5 Å². The minimum atomic E-state index is -0.362. The molecule has 1 aliphatic rings. The van der Waals surface area contributed by atoms with Crippen molar-refractivity contribution < 1.29 is 14.0 Å². The van der Waals surface area contributed by atoms with Gasteiger partial charge in [-0.1, -0.05) is 36.4 Å². The Balaban J connectivity index is 1.52. The van der Waals surface area contributed by atoms with E-state index in [1.54, 1.807) is 6.07 Å². The van der Waals surface area contributed by atoms with E-state index < -0.39 is 0 Å². The van der Waals surface area contributed by atoms with Crippen LogP contribution < -0.4 is 16.3 Å². The van der Waals surface area contributed by atoms with Gasteiger partial charge in [0.1, 0.15) is 5.76 Å². The molecule has 1 heterocycles. The molecule has 0 bridgehead atoms. The summed E-state index contributed by atoms with van der Waals surface area (Å²) in [4.78, 5) is 25.2. The van der Waals surface area contributed by atoms with E-state index in [4.69, 9.17) is 4.42 Å². The van der Waals surface area contributed by atoms with Crippen LogP contribution in [0.4, 0.5) is 5.69 Å². The highest BCUT2D eigenvalue weighted by Crippen LogP contribution is 2.30. The zero-order chi connectivity index (χ0) is 21.8. The third kappa shape index (κ3) is 4.35. The van der Waals surface area contributed by atoms with Crippen LogP contribution in [0.2, 0.25) is 0 Å². The summed E-state index contributed by atoms with van der Waals surface area (Å²) in [5, 5.41) is 4.38. The van der Waals surface area contributed by atoms with Crippen molar-refractivity contribution in [2.24, 2.45) is 5.10 Å². The third-order valence-corrected chi connectivity index (χ3v) is 5.31. The second-order valence-corrected chi connectivity index (χ2v) is 7.47. The summed E-state index contributed by atoms with van der Waals surface area (Å²) in [6.45, 7) is 3.72. The molecule has 0 aliphatic heterocycles. The van der Waals surface area contributed by atoms with Crippen molar-refractivity contribution in [1.29, 1.82) is 0 Å². The lowest BCUT2D eigenvalue weighted by Gasteiger charge is -2.13. The number of nitrogens with one attached hydrogen (secondary N) is 3.